The van der Waals surface area contributed by atoms with Crippen LogP contribution in [0.1, 0.15) is 22.6 Å². The number of likely N-dealkylation sites (N-methyl/N-ethyl adjacent to an activating group) is 1. The first-order valence-corrected chi connectivity index (χ1v) is 7.29. The Balaban J connectivity index is 1.94. The van der Waals surface area contributed by atoms with Gasteiger partial charge < -0.3 is 16.0 Å². The van der Waals surface area contributed by atoms with E-state index in [2.05, 4.69) is 26.0 Å². The molecule has 0 unspecified atom stereocenters. The summed E-state index contributed by atoms with van der Waals surface area (Å²) in [6.45, 7) is 0.781. The number of fused-ring (bicyclic) bond motifs is 1. The predicted octanol–water partition coefficient (Wildman–Crippen LogP) is 0.373. The van der Waals surface area contributed by atoms with E-state index in [1.165, 1.54) is 10.7 Å². The van der Waals surface area contributed by atoms with Crippen LogP contribution in [-0.4, -0.2) is 53.4 Å². The second-order valence-electron chi connectivity index (χ2n) is 5.36. The lowest BCUT2D eigenvalue weighted by molar-refractivity contribution is 0.0940. The van der Waals surface area contributed by atoms with Gasteiger partial charge >= 0.3 is 0 Å². The van der Waals surface area contributed by atoms with E-state index in [1.807, 2.05) is 13.1 Å². The highest BCUT2D eigenvalue weighted by molar-refractivity contribution is 5.94. The maximum atomic E-state index is 12.9. The maximum absolute atomic E-state index is 12.9. The monoisotopic (exact) mass is 306 g/mol. The zero-order valence-electron chi connectivity index (χ0n) is 12.6. The summed E-state index contributed by atoms with van der Waals surface area (Å²) in [4.78, 5) is 16.5. The smallest absolute Gasteiger partial charge is 0.271 e. The SMILES string of the molecule is CNCCc1cc(NC)c2ncc(C(=O)N[C@@H]3C[C@@H]3F)n2n1. The minimum atomic E-state index is -0.935. The van der Waals surface area contributed by atoms with Crippen molar-refractivity contribution in [3.63, 3.8) is 0 Å². The highest BCUT2D eigenvalue weighted by Crippen LogP contribution is 2.25. The molecule has 1 saturated carbocycles. The quantitative estimate of drug-likeness (QED) is 0.718. The predicted molar refractivity (Wildman–Crippen MR) is 80.9 cm³/mol. The van der Waals surface area contributed by atoms with Crippen molar-refractivity contribution in [1.82, 2.24) is 25.2 Å². The molecule has 0 bridgehead atoms. The Hall–Kier alpha value is -2.22. The van der Waals surface area contributed by atoms with E-state index < -0.39 is 6.17 Å². The molecule has 2 aromatic rings. The summed E-state index contributed by atoms with van der Waals surface area (Å²) in [5, 5.41) is 13.2. The summed E-state index contributed by atoms with van der Waals surface area (Å²) in [5.41, 5.74) is 2.54. The van der Waals surface area contributed by atoms with Crippen molar-refractivity contribution in [3.05, 3.63) is 23.7 Å². The Kier molecular flexibility index (Phi) is 3.93. The van der Waals surface area contributed by atoms with Crippen molar-refractivity contribution in [3.8, 4) is 0 Å². The topological polar surface area (TPSA) is 83.3 Å². The van der Waals surface area contributed by atoms with Gasteiger partial charge in [0, 0.05) is 26.4 Å². The number of aromatic nitrogens is 3. The Morgan fingerprint density at radius 3 is 2.91 bits per heavy atom. The Bertz CT molecular complexity index is 700. The van der Waals surface area contributed by atoms with Gasteiger partial charge in [0.25, 0.3) is 5.91 Å². The third kappa shape index (κ3) is 2.74. The molecule has 0 saturated heterocycles. The van der Waals surface area contributed by atoms with E-state index in [4.69, 9.17) is 0 Å². The van der Waals surface area contributed by atoms with Crippen molar-refractivity contribution < 1.29 is 9.18 Å². The van der Waals surface area contributed by atoms with Crippen LogP contribution in [0, 0.1) is 0 Å². The number of alkyl halides is 1. The molecule has 1 aliphatic carbocycles. The fourth-order valence-corrected chi connectivity index (χ4v) is 2.29. The molecule has 2 aromatic heterocycles. The van der Waals surface area contributed by atoms with E-state index in [1.54, 1.807) is 7.05 Å². The number of nitrogens with one attached hydrogen (secondary N) is 3. The summed E-state index contributed by atoms with van der Waals surface area (Å²) in [6.07, 6.45) is 1.64. The second kappa shape index (κ2) is 5.88. The molecule has 7 nitrogen and oxygen atoms in total. The lowest BCUT2D eigenvalue weighted by Gasteiger charge is -2.08. The third-order valence-corrected chi connectivity index (χ3v) is 3.68. The summed E-state index contributed by atoms with van der Waals surface area (Å²) in [6, 6.07) is 1.54. The molecule has 3 N–H and O–H groups in total. The zero-order chi connectivity index (χ0) is 15.7. The first kappa shape index (κ1) is 14.7. The fraction of sp³-hybridized carbons (Fsp3) is 0.500. The van der Waals surface area contributed by atoms with Gasteiger partial charge in [0.2, 0.25) is 0 Å². The van der Waals surface area contributed by atoms with Gasteiger partial charge in [-0.25, -0.2) is 13.9 Å². The molecular weight excluding hydrogens is 287 g/mol. The highest BCUT2D eigenvalue weighted by Gasteiger charge is 2.39. The van der Waals surface area contributed by atoms with Crippen LogP contribution in [0.2, 0.25) is 0 Å². The molecule has 0 aromatic carbocycles. The molecule has 8 heteroatoms. The number of imidazole rings is 1. The van der Waals surface area contributed by atoms with Gasteiger partial charge in [-0.1, -0.05) is 0 Å². The number of hydrogen-bond donors (Lipinski definition) is 3. The molecule has 1 fully saturated rings. The molecule has 1 aliphatic rings. The van der Waals surface area contributed by atoms with E-state index in [9.17, 15) is 9.18 Å². The van der Waals surface area contributed by atoms with Gasteiger partial charge in [-0.15, -0.1) is 0 Å². The van der Waals surface area contributed by atoms with Crippen LogP contribution in [0.15, 0.2) is 12.3 Å². The second-order valence-corrected chi connectivity index (χ2v) is 5.36. The molecule has 0 spiro atoms. The van der Waals surface area contributed by atoms with Crippen LogP contribution in [0.4, 0.5) is 10.1 Å². The number of hydrogen-bond acceptors (Lipinski definition) is 5. The number of anilines is 1. The number of carbonyl (C=O) groups is 1. The zero-order valence-corrected chi connectivity index (χ0v) is 12.6. The molecule has 2 atom stereocenters. The maximum Gasteiger partial charge on any atom is 0.271 e. The molecule has 118 valence electrons. The van der Waals surface area contributed by atoms with Gasteiger partial charge in [-0.2, -0.15) is 5.10 Å². The largest absolute Gasteiger partial charge is 0.385 e. The van der Waals surface area contributed by atoms with Crippen LogP contribution in [0.5, 0.6) is 0 Å². The van der Waals surface area contributed by atoms with Crippen molar-refractivity contribution in [2.24, 2.45) is 0 Å². The van der Waals surface area contributed by atoms with Crippen LogP contribution in [0.25, 0.3) is 5.65 Å². The summed E-state index contributed by atoms with van der Waals surface area (Å²) in [7, 11) is 3.67. The number of carbonyl (C=O) groups excluding carboxylic acids is 1. The third-order valence-electron chi connectivity index (χ3n) is 3.68. The van der Waals surface area contributed by atoms with Gasteiger partial charge in [0.15, 0.2) is 11.3 Å². The molecule has 22 heavy (non-hydrogen) atoms. The van der Waals surface area contributed by atoms with Crippen LogP contribution in [0.3, 0.4) is 0 Å². The average Bonchev–Trinajstić information content (AvgIpc) is 3.03. The summed E-state index contributed by atoms with van der Waals surface area (Å²) in [5.74, 6) is -0.349. The highest BCUT2D eigenvalue weighted by atomic mass is 19.1. The lowest BCUT2D eigenvalue weighted by Crippen LogP contribution is -2.28. The standard InChI is InChI=1S/C14H19FN6O/c1-16-4-3-8-5-11(17-2)13-18-7-12(21(13)20-8)14(22)19-10-6-9(10)15/h5,7,9-10,16-17H,3-4,6H2,1-2H3,(H,19,22)/t9-,10+/m0/s1. The van der Waals surface area contributed by atoms with Gasteiger partial charge in [0.05, 0.1) is 23.6 Å². The first-order valence-electron chi connectivity index (χ1n) is 7.29. The number of halogens is 1. The van der Waals surface area contributed by atoms with Crippen molar-refractivity contribution in [2.45, 2.75) is 25.1 Å². The number of rotatable bonds is 6. The Morgan fingerprint density at radius 1 is 1.50 bits per heavy atom. The molecule has 0 radical (unpaired) electrons. The molecule has 3 rings (SSSR count). The van der Waals surface area contributed by atoms with Crippen LogP contribution >= 0.6 is 0 Å². The Morgan fingerprint density at radius 2 is 2.27 bits per heavy atom. The van der Waals surface area contributed by atoms with Crippen molar-refractivity contribution in [2.75, 3.05) is 26.0 Å². The molecule has 1 amide bonds. The van der Waals surface area contributed by atoms with E-state index >= 15 is 0 Å². The molecule has 2 heterocycles. The molecule has 0 aliphatic heterocycles. The number of amides is 1. The van der Waals surface area contributed by atoms with Crippen LogP contribution in [-0.2, 0) is 6.42 Å². The van der Waals surface area contributed by atoms with Crippen molar-refractivity contribution >= 4 is 17.2 Å². The lowest BCUT2D eigenvalue weighted by atomic mass is 10.2. The van der Waals surface area contributed by atoms with Gasteiger partial charge in [0.1, 0.15) is 6.17 Å². The van der Waals surface area contributed by atoms with Gasteiger partial charge in [-0.05, 0) is 13.1 Å². The summed E-state index contributed by atoms with van der Waals surface area (Å²) < 4.78 is 14.5. The van der Waals surface area contributed by atoms with Crippen molar-refractivity contribution in [1.29, 1.82) is 0 Å². The minimum Gasteiger partial charge on any atom is -0.385 e. The fourth-order valence-electron chi connectivity index (χ4n) is 2.29. The molecular formula is C14H19FN6O. The summed E-state index contributed by atoms with van der Waals surface area (Å²) >= 11 is 0. The first-order chi connectivity index (χ1) is 10.6. The van der Waals surface area contributed by atoms with E-state index in [0.29, 0.717) is 17.8 Å². The minimum absolute atomic E-state index is 0.317. The van der Waals surface area contributed by atoms with Gasteiger partial charge in [-0.3, -0.25) is 4.79 Å². The van der Waals surface area contributed by atoms with E-state index in [-0.39, 0.29) is 11.9 Å². The van der Waals surface area contributed by atoms with Crippen LogP contribution < -0.4 is 16.0 Å². The van der Waals surface area contributed by atoms with E-state index in [0.717, 1.165) is 24.3 Å². The number of nitrogens with zero attached hydrogens (tertiary/aromatic N) is 3. The Labute approximate surface area is 127 Å². The normalized spacial score (nSPS) is 20.1. The average molecular weight is 306 g/mol.